The molecule has 1 fully saturated rings. The Labute approximate surface area is 165 Å². The Morgan fingerprint density at radius 1 is 1.04 bits per heavy atom. The van der Waals surface area contributed by atoms with E-state index in [1.807, 2.05) is 18.2 Å². The summed E-state index contributed by atoms with van der Waals surface area (Å²) in [5, 5.41) is 3.06. The fourth-order valence-corrected chi connectivity index (χ4v) is 4.39. The maximum Gasteiger partial charge on any atom is 0.238 e. The predicted octanol–water partition coefficient (Wildman–Crippen LogP) is 3.94. The van der Waals surface area contributed by atoms with Crippen LogP contribution in [0.25, 0.3) is 0 Å². The lowest BCUT2D eigenvalue weighted by Crippen LogP contribution is -2.37. The van der Waals surface area contributed by atoms with Gasteiger partial charge < -0.3 is 14.8 Å². The van der Waals surface area contributed by atoms with E-state index in [1.54, 1.807) is 0 Å². The minimum absolute atomic E-state index is 0.0331. The number of amides is 1. The maximum atomic E-state index is 12.8. The molecule has 2 aromatic rings. The van der Waals surface area contributed by atoms with Gasteiger partial charge >= 0.3 is 0 Å². The van der Waals surface area contributed by atoms with Crippen LogP contribution in [-0.2, 0) is 11.2 Å². The second kappa shape index (κ2) is 7.47. The van der Waals surface area contributed by atoms with Gasteiger partial charge in [0.1, 0.15) is 0 Å². The summed E-state index contributed by atoms with van der Waals surface area (Å²) in [6, 6.07) is 15.2. The zero-order chi connectivity index (χ0) is 18.9. The molecule has 2 aromatic carbocycles. The number of anilines is 1. The van der Waals surface area contributed by atoms with E-state index in [0.717, 1.165) is 30.7 Å². The third-order valence-electron chi connectivity index (χ3n) is 5.87. The van der Waals surface area contributed by atoms with Gasteiger partial charge in [0.05, 0.1) is 19.8 Å². The summed E-state index contributed by atoms with van der Waals surface area (Å²) in [5.74, 6) is 1.49. The van der Waals surface area contributed by atoms with Crippen molar-refractivity contribution in [3.8, 4) is 11.5 Å². The molecule has 1 N–H and O–H groups in total. The standard InChI is InChI=1S/C23H26N2O3/c26-23(24-17-7-11-21-22(14-17)28-13-3-12-27-21)15-25(18-8-9-18)20-10-6-16-4-1-2-5-19(16)20/h1-2,4-5,7,11,14,18,20H,3,6,8-10,12-13,15H2,(H,24,26). The van der Waals surface area contributed by atoms with Gasteiger partial charge in [-0.1, -0.05) is 24.3 Å². The zero-order valence-electron chi connectivity index (χ0n) is 16.0. The maximum absolute atomic E-state index is 12.8. The molecule has 146 valence electrons. The van der Waals surface area contributed by atoms with Crippen molar-refractivity contribution in [2.24, 2.45) is 0 Å². The van der Waals surface area contributed by atoms with Gasteiger partial charge in [-0.05, 0) is 48.9 Å². The van der Waals surface area contributed by atoms with Crippen LogP contribution in [0.2, 0.25) is 0 Å². The van der Waals surface area contributed by atoms with Crippen molar-refractivity contribution in [3.63, 3.8) is 0 Å². The van der Waals surface area contributed by atoms with E-state index in [1.165, 1.54) is 24.0 Å². The fourth-order valence-electron chi connectivity index (χ4n) is 4.39. The molecule has 2 aliphatic carbocycles. The van der Waals surface area contributed by atoms with Gasteiger partial charge in [0.2, 0.25) is 5.91 Å². The minimum atomic E-state index is 0.0331. The molecule has 0 saturated heterocycles. The van der Waals surface area contributed by atoms with E-state index in [2.05, 4.69) is 34.5 Å². The fraction of sp³-hybridized carbons (Fsp3) is 0.435. The summed E-state index contributed by atoms with van der Waals surface area (Å²) in [6.07, 6.45) is 5.46. The van der Waals surface area contributed by atoms with Crippen LogP contribution >= 0.6 is 0 Å². The molecule has 0 radical (unpaired) electrons. The topological polar surface area (TPSA) is 50.8 Å². The number of aryl methyl sites for hydroxylation is 1. The van der Waals surface area contributed by atoms with Crippen molar-refractivity contribution < 1.29 is 14.3 Å². The second-order valence-electron chi connectivity index (χ2n) is 7.92. The highest BCUT2D eigenvalue weighted by molar-refractivity contribution is 5.92. The van der Waals surface area contributed by atoms with Crippen LogP contribution in [0, 0.1) is 0 Å². The van der Waals surface area contributed by atoms with Crippen molar-refractivity contribution in [2.75, 3.05) is 25.1 Å². The molecule has 28 heavy (non-hydrogen) atoms. The molecule has 3 aliphatic rings. The number of fused-ring (bicyclic) bond motifs is 2. The normalized spacial score (nSPS) is 20.5. The van der Waals surface area contributed by atoms with Gasteiger partial charge in [0.15, 0.2) is 11.5 Å². The summed E-state index contributed by atoms with van der Waals surface area (Å²) in [7, 11) is 0. The Balaban J connectivity index is 1.29. The average molecular weight is 378 g/mol. The molecule has 0 spiro atoms. The molecule has 1 saturated carbocycles. The van der Waals surface area contributed by atoms with E-state index < -0.39 is 0 Å². The zero-order valence-corrected chi connectivity index (χ0v) is 16.0. The molecular weight excluding hydrogens is 352 g/mol. The van der Waals surface area contributed by atoms with Crippen LogP contribution < -0.4 is 14.8 Å². The van der Waals surface area contributed by atoms with Crippen molar-refractivity contribution >= 4 is 11.6 Å². The Morgan fingerprint density at radius 3 is 2.71 bits per heavy atom. The van der Waals surface area contributed by atoms with Gasteiger partial charge in [0, 0.05) is 30.3 Å². The first-order valence-electron chi connectivity index (χ1n) is 10.3. The van der Waals surface area contributed by atoms with Gasteiger partial charge in [-0.15, -0.1) is 0 Å². The highest BCUT2D eigenvalue weighted by atomic mass is 16.5. The number of hydrogen-bond donors (Lipinski definition) is 1. The van der Waals surface area contributed by atoms with E-state index in [9.17, 15) is 4.79 Å². The number of hydrogen-bond acceptors (Lipinski definition) is 4. The quantitative estimate of drug-likeness (QED) is 0.856. The molecule has 5 rings (SSSR count). The van der Waals surface area contributed by atoms with E-state index >= 15 is 0 Å². The summed E-state index contributed by atoms with van der Waals surface area (Å²) >= 11 is 0. The largest absolute Gasteiger partial charge is 0.490 e. The molecular formula is C23H26N2O3. The molecule has 1 unspecified atom stereocenters. The number of nitrogens with one attached hydrogen (secondary N) is 1. The van der Waals surface area contributed by atoms with Crippen LogP contribution in [0.1, 0.15) is 42.9 Å². The second-order valence-corrected chi connectivity index (χ2v) is 7.92. The number of rotatable bonds is 5. The molecule has 1 heterocycles. The smallest absolute Gasteiger partial charge is 0.238 e. The summed E-state index contributed by atoms with van der Waals surface area (Å²) in [6.45, 7) is 1.73. The molecule has 5 nitrogen and oxygen atoms in total. The Bertz CT molecular complexity index is 878. The van der Waals surface area contributed by atoms with Crippen molar-refractivity contribution in [2.45, 2.75) is 44.2 Å². The highest BCUT2D eigenvalue weighted by Crippen LogP contribution is 2.41. The SMILES string of the molecule is O=C(CN(C1CC1)C1CCc2ccccc21)Nc1ccc2c(c1)OCCCO2. The summed E-state index contributed by atoms with van der Waals surface area (Å²) < 4.78 is 11.4. The third kappa shape index (κ3) is 3.59. The van der Waals surface area contributed by atoms with Crippen molar-refractivity contribution in [3.05, 3.63) is 53.6 Å². The van der Waals surface area contributed by atoms with Crippen LogP contribution in [0.5, 0.6) is 11.5 Å². The highest BCUT2D eigenvalue weighted by Gasteiger charge is 2.38. The Hall–Kier alpha value is -2.53. The lowest BCUT2D eigenvalue weighted by Gasteiger charge is -2.29. The average Bonchev–Trinajstić information content (AvgIpc) is 3.49. The van der Waals surface area contributed by atoms with Gasteiger partial charge in [-0.3, -0.25) is 9.69 Å². The first-order valence-corrected chi connectivity index (χ1v) is 10.3. The summed E-state index contributed by atoms with van der Waals surface area (Å²) in [5.41, 5.74) is 3.59. The first-order chi connectivity index (χ1) is 13.8. The lowest BCUT2D eigenvalue weighted by atomic mass is 10.1. The van der Waals surface area contributed by atoms with Crippen molar-refractivity contribution in [1.29, 1.82) is 0 Å². The number of ether oxygens (including phenoxy) is 2. The van der Waals surface area contributed by atoms with Gasteiger partial charge in [-0.2, -0.15) is 0 Å². The van der Waals surface area contributed by atoms with E-state index in [-0.39, 0.29) is 5.91 Å². The predicted molar refractivity (Wildman–Crippen MR) is 108 cm³/mol. The molecule has 5 heteroatoms. The monoisotopic (exact) mass is 378 g/mol. The molecule has 0 bridgehead atoms. The number of benzene rings is 2. The molecule has 0 aromatic heterocycles. The van der Waals surface area contributed by atoms with Crippen LogP contribution in [0.4, 0.5) is 5.69 Å². The first kappa shape index (κ1) is 17.6. The molecule has 1 aliphatic heterocycles. The molecule has 1 amide bonds. The van der Waals surface area contributed by atoms with Crippen LogP contribution in [0.3, 0.4) is 0 Å². The Kier molecular flexibility index (Phi) is 4.69. The van der Waals surface area contributed by atoms with E-state index in [4.69, 9.17) is 9.47 Å². The van der Waals surface area contributed by atoms with Gasteiger partial charge in [-0.25, -0.2) is 0 Å². The number of carbonyl (C=O) groups excluding carboxylic acids is 1. The van der Waals surface area contributed by atoms with Crippen LogP contribution in [-0.4, -0.2) is 36.6 Å². The number of carbonyl (C=O) groups is 1. The van der Waals surface area contributed by atoms with Crippen molar-refractivity contribution in [1.82, 2.24) is 4.90 Å². The number of nitrogens with zero attached hydrogens (tertiary/aromatic N) is 1. The lowest BCUT2D eigenvalue weighted by molar-refractivity contribution is -0.118. The van der Waals surface area contributed by atoms with E-state index in [0.29, 0.717) is 37.6 Å². The van der Waals surface area contributed by atoms with Gasteiger partial charge in [0.25, 0.3) is 0 Å². The van der Waals surface area contributed by atoms with Crippen LogP contribution in [0.15, 0.2) is 42.5 Å². The third-order valence-corrected chi connectivity index (χ3v) is 5.87. The Morgan fingerprint density at radius 2 is 1.86 bits per heavy atom. The minimum Gasteiger partial charge on any atom is -0.490 e. The molecule has 1 atom stereocenters. The summed E-state index contributed by atoms with van der Waals surface area (Å²) in [4.78, 5) is 15.2.